The third kappa shape index (κ3) is 3.55. The molecular formula is C14H12BrF2N3O. The molecule has 21 heavy (non-hydrogen) atoms. The largest absolute Gasteiger partial charge is 0.384 e. The average molecular weight is 356 g/mol. The van der Waals surface area contributed by atoms with Crippen LogP contribution < -0.4 is 11.1 Å². The molecule has 1 aromatic carbocycles. The van der Waals surface area contributed by atoms with Crippen LogP contribution in [0.1, 0.15) is 23.0 Å². The first-order valence-electron chi connectivity index (χ1n) is 6.13. The molecule has 0 spiro atoms. The first-order valence-corrected chi connectivity index (χ1v) is 6.92. The molecule has 0 unspecified atom stereocenters. The molecule has 0 atom stereocenters. The highest BCUT2D eigenvalue weighted by Gasteiger charge is 2.13. The summed E-state index contributed by atoms with van der Waals surface area (Å²) in [6.07, 6.45) is 0.613. The highest BCUT2D eigenvalue weighted by molar-refractivity contribution is 9.10. The molecule has 110 valence electrons. The molecular weight excluding hydrogens is 344 g/mol. The third-order valence-corrected chi connectivity index (χ3v) is 3.39. The van der Waals surface area contributed by atoms with Gasteiger partial charge < -0.3 is 11.1 Å². The fourth-order valence-electron chi connectivity index (χ4n) is 1.74. The van der Waals surface area contributed by atoms with Gasteiger partial charge in [0.05, 0.1) is 10.2 Å². The van der Waals surface area contributed by atoms with Crippen molar-refractivity contribution in [1.82, 2.24) is 4.98 Å². The molecule has 0 aliphatic rings. The normalized spacial score (nSPS) is 10.5. The molecule has 0 saturated carbocycles. The third-order valence-electron chi connectivity index (χ3n) is 2.78. The second-order valence-corrected chi connectivity index (χ2v) is 5.18. The van der Waals surface area contributed by atoms with Crippen LogP contribution in [0, 0.1) is 11.6 Å². The zero-order valence-electron chi connectivity index (χ0n) is 11.1. The van der Waals surface area contributed by atoms with E-state index in [0.29, 0.717) is 18.2 Å². The number of nitrogens with two attached hydrogens (primary N) is 1. The Labute approximate surface area is 128 Å². The van der Waals surface area contributed by atoms with E-state index in [9.17, 15) is 13.6 Å². The number of hydrogen-bond acceptors (Lipinski definition) is 3. The molecule has 3 N–H and O–H groups in total. The first kappa shape index (κ1) is 15.4. The number of aryl methyl sites for hydroxylation is 1. The quantitative estimate of drug-likeness (QED) is 0.827. The Bertz CT molecular complexity index is 707. The minimum absolute atomic E-state index is 0.0580. The number of carbonyl (C=O) groups excluding carboxylic acids is 1. The lowest BCUT2D eigenvalue weighted by molar-refractivity contribution is 0.102. The van der Waals surface area contributed by atoms with Gasteiger partial charge in [0.25, 0.3) is 5.91 Å². The molecule has 0 aliphatic carbocycles. The van der Waals surface area contributed by atoms with Gasteiger partial charge in [-0.3, -0.25) is 4.79 Å². The molecule has 0 saturated heterocycles. The maximum absolute atomic E-state index is 13.6. The Morgan fingerprint density at radius 3 is 2.67 bits per heavy atom. The Morgan fingerprint density at radius 1 is 1.29 bits per heavy atom. The van der Waals surface area contributed by atoms with Crippen molar-refractivity contribution in [2.45, 2.75) is 13.3 Å². The average Bonchev–Trinajstić information content (AvgIpc) is 2.43. The summed E-state index contributed by atoms with van der Waals surface area (Å²) in [6, 6.07) is 4.82. The van der Waals surface area contributed by atoms with E-state index < -0.39 is 17.5 Å². The molecule has 0 bridgehead atoms. The van der Waals surface area contributed by atoms with Crippen LogP contribution in [0.4, 0.5) is 20.3 Å². The van der Waals surface area contributed by atoms with Crippen LogP contribution in [0.5, 0.6) is 0 Å². The van der Waals surface area contributed by atoms with Crippen molar-refractivity contribution in [3.8, 4) is 0 Å². The lowest BCUT2D eigenvalue weighted by Crippen LogP contribution is -2.14. The summed E-state index contributed by atoms with van der Waals surface area (Å²) in [4.78, 5) is 16.2. The van der Waals surface area contributed by atoms with E-state index in [1.165, 1.54) is 6.07 Å². The van der Waals surface area contributed by atoms with Crippen LogP contribution in [0.2, 0.25) is 0 Å². The van der Waals surface area contributed by atoms with Gasteiger partial charge in [-0.2, -0.15) is 0 Å². The van der Waals surface area contributed by atoms with Gasteiger partial charge in [-0.05, 0) is 40.5 Å². The zero-order chi connectivity index (χ0) is 15.6. The van der Waals surface area contributed by atoms with Gasteiger partial charge in [-0.1, -0.05) is 6.92 Å². The lowest BCUT2D eigenvalue weighted by atomic mass is 10.1. The number of benzene rings is 1. The zero-order valence-corrected chi connectivity index (χ0v) is 12.7. The number of nitrogen functional groups attached to an aromatic ring is 1. The summed E-state index contributed by atoms with van der Waals surface area (Å²) in [5, 5.41) is 2.38. The monoisotopic (exact) mass is 355 g/mol. The number of halogens is 3. The number of rotatable bonds is 3. The minimum atomic E-state index is -0.859. The summed E-state index contributed by atoms with van der Waals surface area (Å²) in [7, 11) is 0. The van der Waals surface area contributed by atoms with Crippen LogP contribution >= 0.6 is 15.9 Å². The number of carbonyl (C=O) groups is 1. The van der Waals surface area contributed by atoms with Gasteiger partial charge in [0, 0.05) is 17.3 Å². The molecule has 4 nitrogen and oxygen atoms in total. The van der Waals surface area contributed by atoms with Crippen molar-refractivity contribution in [2.75, 3.05) is 11.1 Å². The lowest BCUT2D eigenvalue weighted by Gasteiger charge is -2.09. The van der Waals surface area contributed by atoms with Crippen LogP contribution in [-0.4, -0.2) is 10.9 Å². The molecule has 2 rings (SSSR count). The smallest absolute Gasteiger partial charge is 0.255 e. The molecule has 1 heterocycles. The predicted molar refractivity (Wildman–Crippen MR) is 80.0 cm³/mol. The molecule has 2 aromatic rings. The van der Waals surface area contributed by atoms with E-state index in [-0.39, 0.29) is 21.5 Å². The Morgan fingerprint density at radius 2 is 2.00 bits per heavy atom. The summed E-state index contributed by atoms with van der Waals surface area (Å²) in [5.41, 5.74) is 6.41. The van der Waals surface area contributed by atoms with E-state index in [1.54, 1.807) is 6.07 Å². The molecule has 7 heteroatoms. The highest BCUT2D eigenvalue weighted by atomic mass is 79.9. The molecule has 0 radical (unpaired) electrons. The van der Waals surface area contributed by atoms with E-state index in [4.69, 9.17) is 5.73 Å². The second-order valence-electron chi connectivity index (χ2n) is 4.33. The fraction of sp³-hybridized carbons (Fsp3) is 0.143. The number of aromatic nitrogens is 1. The Kier molecular flexibility index (Phi) is 4.52. The SMILES string of the molecule is CCc1cc(C(=O)Nc2cc(Br)c(F)cc2F)cc(N)n1. The van der Waals surface area contributed by atoms with Crippen molar-refractivity contribution in [2.24, 2.45) is 0 Å². The summed E-state index contributed by atoms with van der Waals surface area (Å²) in [6.45, 7) is 1.88. The number of hydrogen-bond donors (Lipinski definition) is 2. The van der Waals surface area contributed by atoms with Crippen LogP contribution in [0.25, 0.3) is 0 Å². The van der Waals surface area contributed by atoms with Crippen LogP contribution in [0.15, 0.2) is 28.7 Å². The molecule has 1 aromatic heterocycles. The van der Waals surface area contributed by atoms with E-state index in [0.717, 1.165) is 6.07 Å². The summed E-state index contributed by atoms with van der Waals surface area (Å²) < 4.78 is 26.8. The number of amides is 1. The topological polar surface area (TPSA) is 68.0 Å². The van der Waals surface area contributed by atoms with E-state index in [1.807, 2.05) is 6.92 Å². The molecule has 1 amide bonds. The van der Waals surface area contributed by atoms with Crippen molar-refractivity contribution in [1.29, 1.82) is 0 Å². The molecule has 0 aliphatic heterocycles. The van der Waals surface area contributed by atoms with Gasteiger partial charge in [0.1, 0.15) is 17.5 Å². The number of nitrogens with zero attached hydrogens (tertiary/aromatic N) is 1. The Hall–Kier alpha value is -2.02. The maximum Gasteiger partial charge on any atom is 0.255 e. The first-order chi connectivity index (χ1) is 9.90. The summed E-state index contributed by atoms with van der Waals surface area (Å²) >= 11 is 2.94. The van der Waals surface area contributed by atoms with Crippen molar-refractivity contribution < 1.29 is 13.6 Å². The second kappa shape index (κ2) is 6.17. The minimum Gasteiger partial charge on any atom is -0.384 e. The standard InChI is InChI=1S/C14H12BrF2N3O/c1-2-8-3-7(4-13(18)19-8)14(21)20-12-5-9(15)10(16)6-11(12)17/h3-6H,2H2,1H3,(H2,18,19)(H,20,21). The van der Waals surface area contributed by atoms with Gasteiger partial charge >= 0.3 is 0 Å². The van der Waals surface area contributed by atoms with Crippen molar-refractivity contribution in [3.05, 3.63) is 51.6 Å². The summed E-state index contributed by atoms with van der Waals surface area (Å²) in [5.74, 6) is -1.94. The van der Waals surface area contributed by atoms with Crippen molar-refractivity contribution in [3.63, 3.8) is 0 Å². The molecule has 0 fully saturated rings. The van der Waals surface area contributed by atoms with Gasteiger partial charge in [-0.15, -0.1) is 0 Å². The van der Waals surface area contributed by atoms with E-state index >= 15 is 0 Å². The maximum atomic E-state index is 13.6. The predicted octanol–water partition coefficient (Wildman–Crippen LogP) is 3.52. The van der Waals surface area contributed by atoms with Crippen LogP contribution in [0.3, 0.4) is 0 Å². The Balaban J connectivity index is 2.30. The number of pyridine rings is 1. The van der Waals surface area contributed by atoms with Crippen molar-refractivity contribution >= 4 is 33.3 Å². The van der Waals surface area contributed by atoms with Crippen LogP contribution in [-0.2, 0) is 6.42 Å². The number of anilines is 2. The van der Waals surface area contributed by atoms with Gasteiger partial charge in [0.15, 0.2) is 0 Å². The number of nitrogens with one attached hydrogen (secondary N) is 1. The fourth-order valence-corrected chi connectivity index (χ4v) is 2.08. The van der Waals surface area contributed by atoms with Gasteiger partial charge in [-0.25, -0.2) is 13.8 Å². The van der Waals surface area contributed by atoms with E-state index in [2.05, 4.69) is 26.2 Å². The van der Waals surface area contributed by atoms with Gasteiger partial charge in [0.2, 0.25) is 0 Å². The highest BCUT2D eigenvalue weighted by Crippen LogP contribution is 2.24.